The van der Waals surface area contributed by atoms with Gasteiger partial charge in [-0.15, -0.1) is 0 Å². The van der Waals surface area contributed by atoms with E-state index in [1.54, 1.807) is 0 Å². The first-order valence-electron chi connectivity index (χ1n) is 24.2. The maximum atomic E-state index is 2.46. The van der Waals surface area contributed by atoms with Crippen LogP contribution in [-0.4, -0.2) is 0 Å². The van der Waals surface area contributed by atoms with E-state index in [0.717, 1.165) is 34.1 Å². The van der Waals surface area contributed by atoms with E-state index in [0.29, 0.717) is 0 Å². The first-order valence-corrected chi connectivity index (χ1v) is 24.2. The van der Waals surface area contributed by atoms with Gasteiger partial charge in [0, 0.05) is 34.1 Å². The van der Waals surface area contributed by atoms with Crippen LogP contribution in [0.5, 0.6) is 0 Å². The number of benzene rings is 13. The topological polar surface area (TPSA) is 6.48 Å². The second kappa shape index (κ2) is 17.0. The van der Waals surface area contributed by atoms with Crippen LogP contribution in [0.4, 0.5) is 34.1 Å². The number of rotatable bonds is 8. The zero-order valence-electron chi connectivity index (χ0n) is 39.1. The highest BCUT2D eigenvalue weighted by atomic mass is 15.1. The second-order valence-corrected chi connectivity index (χ2v) is 18.7. The molecule has 2 heteroatoms. The molecule has 0 heterocycles. The van der Waals surface area contributed by atoms with Gasteiger partial charge in [-0.25, -0.2) is 0 Å². The summed E-state index contributed by atoms with van der Waals surface area (Å²) < 4.78 is 0. The van der Waals surface area contributed by atoms with Gasteiger partial charge < -0.3 is 9.80 Å². The summed E-state index contributed by atoms with van der Waals surface area (Å²) in [5, 5.41) is 14.5. The van der Waals surface area contributed by atoms with E-state index in [1.807, 2.05) is 0 Å². The Hall–Kier alpha value is -8.98. The molecule has 0 aromatic heterocycles. The van der Waals surface area contributed by atoms with Crippen molar-refractivity contribution in [3.8, 4) is 22.3 Å². The van der Waals surface area contributed by atoms with Gasteiger partial charge in [0.2, 0.25) is 0 Å². The summed E-state index contributed by atoms with van der Waals surface area (Å²) in [6.45, 7) is 4.31. The fourth-order valence-corrected chi connectivity index (χ4v) is 10.9. The Morgan fingerprint density at radius 2 is 0.543 bits per heavy atom. The van der Waals surface area contributed by atoms with Crippen LogP contribution in [0.3, 0.4) is 0 Å². The Morgan fingerprint density at radius 3 is 0.971 bits per heavy atom. The van der Waals surface area contributed by atoms with Crippen molar-refractivity contribution >= 4 is 98.8 Å². The minimum Gasteiger partial charge on any atom is -0.310 e. The molecule has 330 valence electrons. The summed E-state index contributed by atoms with van der Waals surface area (Å²) in [7, 11) is 0. The van der Waals surface area contributed by atoms with Crippen molar-refractivity contribution in [2.24, 2.45) is 0 Å². The van der Waals surface area contributed by atoms with Gasteiger partial charge in [0.25, 0.3) is 0 Å². The van der Waals surface area contributed by atoms with Crippen molar-refractivity contribution in [2.75, 3.05) is 9.80 Å². The zero-order valence-corrected chi connectivity index (χ0v) is 39.1. The summed E-state index contributed by atoms with van der Waals surface area (Å²) in [5.41, 5.74) is 13.9. The summed E-state index contributed by atoms with van der Waals surface area (Å²) in [5.74, 6) is 0. The van der Waals surface area contributed by atoms with E-state index in [-0.39, 0.29) is 0 Å². The molecule has 70 heavy (non-hydrogen) atoms. The molecule has 0 aliphatic rings. The minimum atomic E-state index is 1.09. The van der Waals surface area contributed by atoms with E-state index in [2.05, 4.69) is 278 Å². The van der Waals surface area contributed by atoms with Crippen LogP contribution in [-0.2, 0) is 0 Å². The Morgan fingerprint density at radius 1 is 0.214 bits per heavy atom. The average molecular weight is 893 g/mol. The summed E-state index contributed by atoms with van der Waals surface area (Å²) >= 11 is 0. The summed E-state index contributed by atoms with van der Waals surface area (Å²) in [4.78, 5) is 4.85. The molecule has 13 aromatic carbocycles. The van der Waals surface area contributed by atoms with E-state index in [9.17, 15) is 0 Å². The molecule has 0 bridgehead atoms. The molecular formula is C68H48N2. The SMILES string of the molecule is Cc1ccc(N(c2ccc3ccccc3c2)c2ccc3c(-c4cccc5ccccc45)c4cc(N(c5ccc(C)cc5)c5ccc6ccccc6c5)ccc4c(-c4cccc5ccccc45)c3c2)cc1. The Kier molecular flexibility index (Phi) is 9.99. The number of hydrogen-bond donors (Lipinski definition) is 0. The number of anilines is 6. The maximum absolute atomic E-state index is 2.46. The Bertz CT molecular complexity index is 3870. The molecule has 0 unspecified atom stereocenters. The van der Waals surface area contributed by atoms with Gasteiger partial charge in [-0.2, -0.15) is 0 Å². The van der Waals surface area contributed by atoms with Crippen LogP contribution >= 0.6 is 0 Å². The van der Waals surface area contributed by atoms with Gasteiger partial charge >= 0.3 is 0 Å². The standard InChI is InChI=1S/C68H48N2/c1-45-25-31-53(32-26-45)69(55-35-29-47-13-3-5-17-51(47)41-55)57-37-39-63-65(43-57)67(61-23-11-19-49-15-7-9-21-59(49)61)64-40-38-58(44-66(64)68(63)62-24-12-20-50-16-8-10-22-60(50)62)70(54-33-27-46(2)28-34-54)56-36-30-48-14-4-6-18-52(48)42-56/h3-44H,1-2H3. The predicted octanol–water partition coefficient (Wildman–Crippen LogP) is 19.5. The van der Waals surface area contributed by atoms with Gasteiger partial charge in [-0.1, -0.05) is 193 Å². The van der Waals surface area contributed by atoms with Gasteiger partial charge in [0.1, 0.15) is 0 Å². The number of fused-ring (bicyclic) bond motifs is 6. The zero-order chi connectivity index (χ0) is 46.7. The lowest BCUT2D eigenvalue weighted by Gasteiger charge is -2.29. The van der Waals surface area contributed by atoms with Crippen molar-refractivity contribution in [1.29, 1.82) is 0 Å². The molecule has 0 fully saturated rings. The van der Waals surface area contributed by atoms with Crippen LogP contribution in [0.15, 0.2) is 255 Å². The number of aryl methyl sites for hydroxylation is 2. The smallest absolute Gasteiger partial charge is 0.0468 e. The molecular weight excluding hydrogens is 845 g/mol. The maximum Gasteiger partial charge on any atom is 0.0468 e. The lowest BCUT2D eigenvalue weighted by Crippen LogP contribution is -2.10. The van der Waals surface area contributed by atoms with Crippen molar-refractivity contribution in [1.82, 2.24) is 0 Å². The van der Waals surface area contributed by atoms with Crippen LogP contribution in [0.1, 0.15) is 11.1 Å². The molecule has 0 saturated heterocycles. The van der Waals surface area contributed by atoms with Crippen LogP contribution in [0.25, 0.3) is 86.9 Å². The third kappa shape index (κ3) is 7.12. The molecule has 0 N–H and O–H groups in total. The van der Waals surface area contributed by atoms with Crippen LogP contribution in [0, 0.1) is 13.8 Å². The van der Waals surface area contributed by atoms with Gasteiger partial charge in [0.05, 0.1) is 0 Å². The number of nitrogens with zero attached hydrogens (tertiary/aromatic N) is 2. The average Bonchev–Trinajstić information content (AvgIpc) is 3.41. The van der Waals surface area contributed by atoms with Gasteiger partial charge in [0.15, 0.2) is 0 Å². The molecule has 0 radical (unpaired) electrons. The van der Waals surface area contributed by atoms with E-state index in [1.165, 1.54) is 98.0 Å². The first-order chi connectivity index (χ1) is 34.5. The highest BCUT2D eigenvalue weighted by Gasteiger charge is 2.24. The normalized spacial score (nSPS) is 11.6. The molecule has 13 rings (SSSR count). The van der Waals surface area contributed by atoms with Crippen molar-refractivity contribution in [2.45, 2.75) is 13.8 Å². The van der Waals surface area contributed by atoms with E-state index >= 15 is 0 Å². The molecule has 0 atom stereocenters. The largest absolute Gasteiger partial charge is 0.310 e. The highest BCUT2D eigenvalue weighted by Crippen LogP contribution is 2.50. The molecule has 0 aliphatic heterocycles. The fourth-order valence-electron chi connectivity index (χ4n) is 10.9. The predicted molar refractivity (Wildman–Crippen MR) is 301 cm³/mol. The molecule has 0 amide bonds. The minimum absolute atomic E-state index is 1.09. The third-order valence-electron chi connectivity index (χ3n) is 14.3. The fraction of sp³-hybridized carbons (Fsp3) is 0.0294. The third-order valence-corrected chi connectivity index (χ3v) is 14.3. The van der Waals surface area contributed by atoms with Crippen molar-refractivity contribution in [3.05, 3.63) is 266 Å². The van der Waals surface area contributed by atoms with Crippen molar-refractivity contribution < 1.29 is 0 Å². The molecule has 0 aliphatic carbocycles. The molecule has 0 spiro atoms. The van der Waals surface area contributed by atoms with Crippen molar-refractivity contribution in [3.63, 3.8) is 0 Å². The lowest BCUT2D eigenvalue weighted by atomic mass is 9.83. The summed E-state index contributed by atoms with van der Waals surface area (Å²) in [6, 6.07) is 94.4. The molecule has 0 saturated carbocycles. The number of hydrogen-bond acceptors (Lipinski definition) is 2. The van der Waals surface area contributed by atoms with E-state index < -0.39 is 0 Å². The van der Waals surface area contributed by atoms with Gasteiger partial charge in [-0.3, -0.25) is 0 Å². The monoisotopic (exact) mass is 892 g/mol. The molecule has 2 nitrogen and oxygen atoms in total. The second-order valence-electron chi connectivity index (χ2n) is 18.7. The van der Waals surface area contributed by atoms with E-state index in [4.69, 9.17) is 0 Å². The highest BCUT2D eigenvalue weighted by molar-refractivity contribution is 6.26. The van der Waals surface area contributed by atoms with Crippen LogP contribution in [0.2, 0.25) is 0 Å². The van der Waals surface area contributed by atoms with Crippen LogP contribution < -0.4 is 9.80 Å². The Balaban J connectivity index is 1.16. The first kappa shape index (κ1) is 41.2. The van der Waals surface area contributed by atoms with Gasteiger partial charge in [-0.05, 0) is 174 Å². The molecule has 13 aromatic rings. The Labute approximate surface area is 408 Å². The quantitative estimate of drug-likeness (QED) is 0.140. The lowest BCUT2D eigenvalue weighted by molar-refractivity contribution is 1.28. The summed E-state index contributed by atoms with van der Waals surface area (Å²) in [6.07, 6.45) is 0.